The molecule has 0 saturated carbocycles. The highest BCUT2D eigenvalue weighted by Crippen LogP contribution is 2.22. The topological polar surface area (TPSA) is 100 Å². The van der Waals surface area contributed by atoms with Gasteiger partial charge in [-0.05, 0) is 13.8 Å². The number of hydrazine groups is 1. The van der Waals surface area contributed by atoms with Gasteiger partial charge in [-0.3, -0.25) is 5.43 Å². The summed E-state index contributed by atoms with van der Waals surface area (Å²) in [6.45, 7) is 7.66. The van der Waals surface area contributed by atoms with E-state index in [1.54, 1.807) is 0 Å². The minimum Gasteiger partial charge on any atom is -0.395 e. The molecular weight excluding hydrogens is 252 g/mol. The molecule has 7 nitrogen and oxygen atoms in total. The van der Waals surface area contributed by atoms with Gasteiger partial charge in [-0.2, -0.15) is 15.0 Å². The van der Waals surface area contributed by atoms with Gasteiger partial charge in [0.2, 0.25) is 11.9 Å². The van der Waals surface area contributed by atoms with Crippen LogP contribution in [0.15, 0.2) is 5.16 Å². The van der Waals surface area contributed by atoms with Gasteiger partial charge in [0.15, 0.2) is 5.16 Å². The Kier molecular flexibility index (Phi) is 6.10. The number of hydrogen-bond acceptors (Lipinski definition) is 8. The molecule has 0 amide bonds. The van der Waals surface area contributed by atoms with E-state index in [9.17, 15) is 0 Å². The number of aliphatic hydroxyl groups is 1. The van der Waals surface area contributed by atoms with E-state index in [0.717, 1.165) is 13.1 Å². The van der Waals surface area contributed by atoms with Crippen molar-refractivity contribution in [3.8, 4) is 0 Å². The van der Waals surface area contributed by atoms with Crippen LogP contribution in [0, 0.1) is 0 Å². The van der Waals surface area contributed by atoms with Crippen molar-refractivity contribution in [3.63, 3.8) is 0 Å². The molecule has 1 atom stereocenters. The van der Waals surface area contributed by atoms with Crippen molar-refractivity contribution in [3.05, 3.63) is 0 Å². The normalized spacial score (nSPS) is 12.3. The Labute approximate surface area is 111 Å². The monoisotopic (exact) mass is 272 g/mol. The van der Waals surface area contributed by atoms with Crippen molar-refractivity contribution in [1.82, 2.24) is 15.0 Å². The molecule has 0 aliphatic rings. The van der Waals surface area contributed by atoms with Gasteiger partial charge >= 0.3 is 0 Å². The average molecular weight is 272 g/mol. The van der Waals surface area contributed by atoms with E-state index < -0.39 is 0 Å². The minimum absolute atomic E-state index is 0.0302. The van der Waals surface area contributed by atoms with Crippen molar-refractivity contribution in [2.75, 3.05) is 30.0 Å². The van der Waals surface area contributed by atoms with E-state index in [-0.39, 0.29) is 11.9 Å². The molecule has 1 rings (SSSR count). The summed E-state index contributed by atoms with van der Waals surface area (Å²) in [5.41, 5.74) is 2.44. The van der Waals surface area contributed by atoms with E-state index in [1.807, 2.05) is 25.7 Å². The molecule has 18 heavy (non-hydrogen) atoms. The predicted molar refractivity (Wildman–Crippen MR) is 73.6 cm³/mol. The molecule has 0 aromatic carbocycles. The molecule has 0 fully saturated rings. The first-order chi connectivity index (χ1) is 8.64. The number of aliphatic hydroxyl groups excluding tert-OH is 1. The standard InChI is InChI=1S/C10H20N6OS/c1-4-16(5-2)9-12-8(15-11)13-10(14-9)18-7(3)6-17/h7,17H,4-6,11H2,1-3H3,(H,12,13,14,15). The lowest BCUT2D eigenvalue weighted by Gasteiger charge is -2.19. The Morgan fingerprint density at radius 2 is 2.00 bits per heavy atom. The van der Waals surface area contributed by atoms with Crippen LogP contribution in [0.25, 0.3) is 0 Å². The molecule has 102 valence electrons. The van der Waals surface area contributed by atoms with E-state index >= 15 is 0 Å². The molecular formula is C10H20N6OS. The van der Waals surface area contributed by atoms with Crippen molar-refractivity contribution >= 4 is 23.7 Å². The first-order valence-electron chi connectivity index (χ1n) is 5.89. The second-order valence-corrected chi connectivity index (χ2v) is 5.07. The molecule has 0 spiro atoms. The molecule has 0 bridgehead atoms. The fourth-order valence-corrected chi connectivity index (χ4v) is 2.04. The molecule has 1 heterocycles. The summed E-state index contributed by atoms with van der Waals surface area (Å²) in [6.07, 6.45) is 0. The molecule has 0 radical (unpaired) electrons. The fourth-order valence-electron chi connectivity index (χ4n) is 1.33. The Hall–Kier alpha value is -1.12. The van der Waals surface area contributed by atoms with Crippen LogP contribution in [0.2, 0.25) is 0 Å². The van der Waals surface area contributed by atoms with Crippen LogP contribution in [0.4, 0.5) is 11.9 Å². The highest BCUT2D eigenvalue weighted by molar-refractivity contribution is 7.99. The summed E-state index contributed by atoms with van der Waals surface area (Å²) in [5.74, 6) is 6.28. The van der Waals surface area contributed by atoms with E-state index in [4.69, 9.17) is 10.9 Å². The molecule has 0 aliphatic carbocycles. The fraction of sp³-hybridized carbons (Fsp3) is 0.700. The summed E-state index contributed by atoms with van der Waals surface area (Å²) in [4.78, 5) is 14.8. The van der Waals surface area contributed by atoms with Gasteiger partial charge in [0.05, 0.1) is 6.61 Å². The third kappa shape index (κ3) is 3.97. The number of thioether (sulfide) groups is 1. The lowest BCUT2D eigenvalue weighted by Crippen LogP contribution is -2.25. The third-order valence-corrected chi connectivity index (χ3v) is 3.29. The van der Waals surface area contributed by atoms with Gasteiger partial charge in [-0.25, -0.2) is 5.84 Å². The van der Waals surface area contributed by atoms with Gasteiger partial charge in [-0.15, -0.1) is 0 Å². The van der Waals surface area contributed by atoms with Crippen molar-refractivity contribution < 1.29 is 5.11 Å². The van der Waals surface area contributed by atoms with Crippen LogP contribution in [-0.4, -0.2) is 45.0 Å². The third-order valence-electron chi connectivity index (χ3n) is 2.34. The first kappa shape index (κ1) is 14.9. The second-order valence-electron chi connectivity index (χ2n) is 3.67. The Morgan fingerprint density at radius 1 is 1.33 bits per heavy atom. The molecule has 8 heteroatoms. The Morgan fingerprint density at radius 3 is 2.50 bits per heavy atom. The number of nitrogens with two attached hydrogens (primary N) is 1. The maximum absolute atomic E-state index is 9.05. The molecule has 4 N–H and O–H groups in total. The zero-order valence-corrected chi connectivity index (χ0v) is 11.7. The van der Waals surface area contributed by atoms with Crippen LogP contribution in [0.3, 0.4) is 0 Å². The van der Waals surface area contributed by atoms with E-state index in [1.165, 1.54) is 11.8 Å². The lowest BCUT2D eigenvalue weighted by atomic mass is 10.5. The number of nitrogens with zero attached hydrogens (tertiary/aromatic N) is 4. The van der Waals surface area contributed by atoms with Gasteiger partial charge in [0.25, 0.3) is 0 Å². The van der Waals surface area contributed by atoms with Gasteiger partial charge in [-0.1, -0.05) is 18.7 Å². The number of hydrogen-bond donors (Lipinski definition) is 3. The molecule has 0 aliphatic heterocycles. The van der Waals surface area contributed by atoms with Crippen molar-refractivity contribution in [1.29, 1.82) is 0 Å². The summed E-state index contributed by atoms with van der Waals surface area (Å²) >= 11 is 1.39. The number of anilines is 2. The Balaban J connectivity index is 3.00. The summed E-state index contributed by atoms with van der Waals surface area (Å²) in [6, 6.07) is 0. The lowest BCUT2D eigenvalue weighted by molar-refractivity contribution is 0.300. The zero-order valence-electron chi connectivity index (χ0n) is 10.9. The number of rotatable bonds is 7. The van der Waals surface area contributed by atoms with Gasteiger partial charge in [0, 0.05) is 18.3 Å². The van der Waals surface area contributed by atoms with Crippen molar-refractivity contribution in [2.45, 2.75) is 31.2 Å². The summed E-state index contributed by atoms with van der Waals surface area (Å²) in [7, 11) is 0. The number of nitrogen functional groups attached to an aromatic ring is 1. The van der Waals surface area contributed by atoms with Crippen LogP contribution >= 0.6 is 11.8 Å². The van der Waals surface area contributed by atoms with Crippen LogP contribution in [-0.2, 0) is 0 Å². The van der Waals surface area contributed by atoms with Gasteiger partial charge < -0.3 is 10.0 Å². The quantitative estimate of drug-likeness (QED) is 0.374. The van der Waals surface area contributed by atoms with E-state index in [2.05, 4.69) is 20.4 Å². The van der Waals surface area contributed by atoms with Crippen LogP contribution in [0.5, 0.6) is 0 Å². The number of aromatic nitrogens is 3. The van der Waals surface area contributed by atoms with Crippen LogP contribution < -0.4 is 16.2 Å². The zero-order chi connectivity index (χ0) is 13.5. The van der Waals surface area contributed by atoms with E-state index in [0.29, 0.717) is 17.1 Å². The smallest absolute Gasteiger partial charge is 0.242 e. The minimum atomic E-state index is 0.0302. The molecule has 1 aromatic heterocycles. The molecule has 0 saturated heterocycles. The number of nitrogens with one attached hydrogen (secondary N) is 1. The Bertz CT molecular complexity index is 373. The van der Waals surface area contributed by atoms with Crippen molar-refractivity contribution in [2.24, 2.45) is 5.84 Å². The SMILES string of the molecule is CCN(CC)c1nc(NN)nc(SC(C)CO)n1. The highest BCUT2D eigenvalue weighted by atomic mass is 32.2. The molecule has 1 aromatic rings. The highest BCUT2D eigenvalue weighted by Gasteiger charge is 2.13. The maximum Gasteiger partial charge on any atom is 0.242 e. The second kappa shape index (κ2) is 7.34. The van der Waals surface area contributed by atoms with Crippen LogP contribution in [0.1, 0.15) is 20.8 Å². The molecule has 1 unspecified atom stereocenters. The maximum atomic E-state index is 9.05. The average Bonchev–Trinajstić information content (AvgIpc) is 2.39. The van der Waals surface area contributed by atoms with Gasteiger partial charge in [0.1, 0.15) is 0 Å². The largest absolute Gasteiger partial charge is 0.395 e. The summed E-state index contributed by atoms with van der Waals surface area (Å²) in [5, 5.41) is 9.64. The predicted octanol–water partition coefficient (Wildman–Crippen LogP) is 0.476. The summed E-state index contributed by atoms with van der Waals surface area (Å²) < 4.78 is 0. The first-order valence-corrected chi connectivity index (χ1v) is 6.77.